The average Bonchev–Trinajstić information content (AvgIpc) is 3.11. The Bertz CT molecular complexity index is 741. The third-order valence-corrected chi connectivity index (χ3v) is 5.79. The zero-order valence-electron chi connectivity index (χ0n) is 14.5. The summed E-state index contributed by atoms with van der Waals surface area (Å²) in [5.41, 5.74) is 1.84. The van der Waals surface area contributed by atoms with E-state index in [0.717, 1.165) is 31.2 Å². The molecule has 0 saturated carbocycles. The van der Waals surface area contributed by atoms with E-state index in [1.165, 1.54) is 0 Å². The standard InChI is InChI=1S/C20H24N2O3/c1-2-25-14-11-17-15-9-6-10-16(15)19(13-7-4-3-5-8-13)21-20(17)18(12-14)22(23)24/h3-4,6,9,11-13,15-16,19,21H,2,5,7-8,10H2,1H3/t13-,15-,16-,19-/m1/s1. The molecule has 132 valence electrons. The molecule has 1 aromatic carbocycles. The van der Waals surface area contributed by atoms with Gasteiger partial charge in [0.15, 0.2) is 0 Å². The molecule has 0 aromatic heterocycles. The van der Waals surface area contributed by atoms with Crippen LogP contribution in [-0.2, 0) is 0 Å². The normalized spacial score (nSPS) is 29.6. The lowest BCUT2D eigenvalue weighted by Gasteiger charge is -2.41. The lowest BCUT2D eigenvalue weighted by atomic mass is 9.72. The van der Waals surface area contributed by atoms with Gasteiger partial charge in [-0.05, 0) is 56.1 Å². The molecule has 5 nitrogen and oxygen atoms in total. The summed E-state index contributed by atoms with van der Waals surface area (Å²) in [5, 5.41) is 15.3. The molecule has 0 amide bonds. The van der Waals surface area contributed by atoms with Crippen molar-refractivity contribution in [1.82, 2.24) is 0 Å². The van der Waals surface area contributed by atoms with Crippen molar-refractivity contribution < 1.29 is 9.66 Å². The van der Waals surface area contributed by atoms with Gasteiger partial charge in [0.05, 0.1) is 17.6 Å². The van der Waals surface area contributed by atoms with E-state index in [0.29, 0.717) is 29.9 Å². The number of allylic oxidation sites excluding steroid dienone is 4. The summed E-state index contributed by atoms with van der Waals surface area (Å²) >= 11 is 0. The topological polar surface area (TPSA) is 64.4 Å². The summed E-state index contributed by atoms with van der Waals surface area (Å²) < 4.78 is 5.59. The number of hydrogen-bond donors (Lipinski definition) is 1. The number of anilines is 1. The number of nitrogens with one attached hydrogen (secondary N) is 1. The molecule has 4 rings (SSSR count). The van der Waals surface area contributed by atoms with E-state index in [4.69, 9.17) is 4.74 Å². The Morgan fingerprint density at radius 3 is 2.88 bits per heavy atom. The minimum absolute atomic E-state index is 0.135. The van der Waals surface area contributed by atoms with Gasteiger partial charge in [0, 0.05) is 12.0 Å². The molecule has 5 heteroatoms. The van der Waals surface area contributed by atoms with Crippen LogP contribution in [0.2, 0.25) is 0 Å². The van der Waals surface area contributed by atoms with E-state index in [-0.39, 0.29) is 22.6 Å². The van der Waals surface area contributed by atoms with Crippen LogP contribution in [0.5, 0.6) is 5.75 Å². The van der Waals surface area contributed by atoms with Crippen LogP contribution in [0.3, 0.4) is 0 Å². The highest BCUT2D eigenvalue weighted by atomic mass is 16.6. The highest BCUT2D eigenvalue weighted by molar-refractivity contribution is 5.72. The van der Waals surface area contributed by atoms with Gasteiger partial charge in [-0.25, -0.2) is 0 Å². The van der Waals surface area contributed by atoms with Crippen molar-refractivity contribution in [2.75, 3.05) is 11.9 Å². The number of nitro groups is 1. The summed E-state index contributed by atoms with van der Waals surface area (Å²) in [5.74, 6) is 1.84. The van der Waals surface area contributed by atoms with Gasteiger partial charge < -0.3 is 10.1 Å². The minimum atomic E-state index is -0.287. The molecule has 0 bridgehead atoms. The second-order valence-corrected chi connectivity index (χ2v) is 7.16. The molecule has 0 saturated heterocycles. The number of rotatable bonds is 4. The summed E-state index contributed by atoms with van der Waals surface area (Å²) in [7, 11) is 0. The van der Waals surface area contributed by atoms with Crippen LogP contribution in [0, 0.1) is 22.0 Å². The largest absolute Gasteiger partial charge is 0.494 e. The van der Waals surface area contributed by atoms with Crippen LogP contribution >= 0.6 is 0 Å². The molecular formula is C20H24N2O3. The van der Waals surface area contributed by atoms with Crippen molar-refractivity contribution in [3.05, 3.63) is 52.1 Å². The first kappa shape index (κ1) is 16.2. The van der Waals surface area contributed by atoms with Crippen LogP contribution in [-0.4, -0.2) is 17.6 Å². The minimum Gasteiger partial charge on any atom is -0.494 e. The van der Waals surface area contributed by atoms with Crippen LogP contribution in [0.25, 0.3) is 0 Å². The van der Waals surface area contributed by atoms with E-state index in [9.17, 15) is 10.1 Å². The Hall–Kier alpha value is -2.30. The molecule has 1 aromatic rings. The second kappa shape index (κ2) is 6.54. The number of fused-ring (bicyclic) bond motifs is 3. The molecule has 0 unspecified atom stereocenters. The zero-order chi connectivity index (χ0) is 17.4. The summed E-state index contributed by atoms with van der Waals surface area (Å²) in [6.07, 6.45) is 13.3. The number of nitrogens with zero attached hydrogens (tertiary/aromatic N) is 1. The molecule has 3 aliphatic rings. The molecule has 2 aliphatic carbocycles. The maximum atomic E-state index is 11.7. The summed E-state index contributed by atoms with van der Waals surface area (Å²) in [6.45, 7) is 2.40. The number of benzene rings is 1. The van der Waals surface area contributed by atoms with Crippen molar-refractivity contribution in [1.29, 1.82) is 0 Å². The van der Waals surface area contributed by atoms with Crippen LogP contribution < -0.4 is 10.1 Å². The fraction of sp³-hybridized carbons (Fsp3) is 0.500. The van der Waals surface area contributed by atoms with Gasteiger partial charge in [-0.2, -0.15) is 0 Å². The molecule has 1 N–H and O–H groups in total. The first-order valence-electron chi connectivity index (χ1n) is 9.22. The molecule has 0 spiro atoms. The Kier molecular flexibility index (Phi) is 4.24. The molecule has 1 aliphatic heterocycles. The second-order valence-electron chi connectivity index (χ2n) is 7.16. The monoisotopic (exact) mass is 340 g/mol. The lowest BCUT2D eigenvalue weighted by molar-refractivity contribution is -0.384. The molecule has 0 fully saturated rings. The van der Waals surface area contributed by atoms with Crippen molar-refractivity contribution in [2.45, 2.75) is 44.6 Å². The first-order chi connectivity index (χ1) is 12.2. The highest BCUT2D eigenvalue weighted by Crippen LogP contribution is 2.51. The van der Waals surface area contributed by atoms with Crippen LogP contribution in [0.1, 0.15) is 44.1 Å². The van der Waals surface area contributed by atoms with Gasteiger partial charge in [-0.3, -0.25) is 10.1 Å². The van der Waals surface area contributed by atoms with E-state index in [1.54, 1.807) is 6.07 Å². The quantitative estimate of drug-likeness (QED) is 0.485. The lowest BCUT2D eigenvalue weighted by Crippen LogP contribution is -2.42. The van der Waals surface area contributed by atoms with Gasteiger partial charge in [-0.1, -0.05) is 24.3 Å². The SMILES string of the molecule is CCOc1cc2c(c([N+](=O)[O-])c1)N[C@H]([C@@H]1CC=CCC1)[C@@H]1CC=C[C@@H]21. The van der Waals surface area contributed by atoms with Crippen LogP contribution in [0.4, 0.5) is 11.4 Å². The van der Waals surface area contributed by atoms with Crippen LogP contribution in [0.15, 0.2) is 36.4 Å². The molecule has 4 atom stereocenters. The van der Waals surface area contributed by atoms with Gasteiger partial charge in [0.25, 0.3) is 5.69 Å². The zero-order valence-corrected chi connectivity index (χ0v) is 14.5. The Morgan fingerprint density at radius 1 is 1.28 bits per heavy atom. The third kappa shape index (κ3) is 2.81. The first-order valence-corrected chi connectivity index (χ1v) is 9.22. The fourth-order valence-corrected chi connectivity index (χ4v) is 4.70. The number of ether oxygens (including phenoxy) is 1. The molecule has 25 heavy (non-hydrogen) atoms. The predicted octanol–water partition coefficient (Wildman–Crippen LogP) is 4.80. The van der Waals surface area contributed by atoms with E-state index >= 15 is 0 Å². The van der Waals surface area contributed by atoms with Crippen molar-refractivity contribution >= 4 is 11.4 Å². The fourth-order valence-electron chi connectivity index (χ4n) is 4.70. The molecule has 1 heterocycles. The molecule has 0 radical (unpaired) electrons. The van der Waals surface area contributed by atoms with Gasteiger partial charge >= 0.3 is 0 Å². The Morgan fingerprint density at radius 2 is 2.16 bits per heavy atom. The van der Waals surface area contributed by atoms with Gasteiger partial charge in [0.1, 0.15) is 11.4 Å². The maximum absolute atomic E-state index is 11.7. The Balaban J connectivity index is 1.78. The predicted molar refractivity (Wildman–Crippen MR) is 98.1 cm³/mol. The van der Waals surface area contributed by atoms with E-state index in [1.807, 2.05) is 13.0 Å². The Labute approximate surface area is 147 Å². The maximum Gasteiger partial charge on any atom is 0.296 e. The third-order valence-electron chi connectivity index (χ3n) is 5.79. The van der Waals surface area contributed by atoms with Crippen molar-refractivity contribution in [3.8, 4) is 5.75 Å². The van der Waals surface area contributed by atoms with Gasteiger partial charge in [0.2, 0.25) is 0 Å². The smallest absolute Gasteiger partial charge is 0.296 e. The number of hydrogen-bond acceptors (Lipinski definition) is 4. The van der Waals surface area contributed by atoms with Gasteiger partial charge in [-0.15, -0.1) is 0 Å². The average molecular weight is 340 g/mol. The van der Waals surface area contributed by atoms with E-state index < -0.39 is 0 Å². The highest BCUT2D eigenvalue weighted by Gasteiger charge is 2.43. The van der Waals surface area contributed by atoms with Crippen molar-refractivity contribution in [3.63, 3.8) is 0 Å². The van der Waals surface area contributed by atoms with Crippen molar-refractivity contribution in [2.24, 2.45) is 11.8 Å². The summed E-state index contributed by atoms with van der Waals surface area (Å²) in [4.78, 5) is 11.4. The summed E-state index contributed by atoms with van der Waals surface area (Å²) in [6, 6.07) is 3.84. The number of nitro benzene ring substituents is 1. The van der Waals surface area contributed by atoms with E-state index in [2.05, 4.69) is 29.6 Å². The molecular weight excluding hydrogens is 316 g/mol.